The maximum absolute atomic E-state index is 5.55. The highest BCUT2D eigenvalue weighted by molar-refractivity contribution is 7.80. The molecule has 0 fully saturated rings. The number of hydrogen-bond acceptors (Lipinski definition) is 2. The molecule has 1 rings (SSSR count). The summed E-state index contributed by atoms with van der Waals surface area (Å²) >= 11 is 4.92. The molecule has 14 heavy (non-hydrogen) atoms. The van der Waals surface area contributed by atoms with E-state index in [2.05, 4.69) is 25.0 Å². The molecule has 0 saturated heterocycles. The van der Waals surface area contributed by atoms with E-state index < -0.39 is 0 Å². The lowest BCUT2D eigenvalue weighted by atomic mass is 10.1. The van der Waals surface area contributed by atoms with Crippen LogP contribution in [0.5, 0.6) is 0 Å². The molecule has 1 heterocycles. The summed E-state index contributed by atoms with van der Waals surface area (Å²) in [6.07, 6.45) is 1.73. The van der Waals surface area contributed by atoms with Crippen molar-refractivity contribution >= 4 is 17.2 Å². The van der Waals surface area contributed by atoms with Crippen LogP contribution in [0.2, 0.25) is 0 Å². The maximum atomic E-state index is 5.55. The summed E-state index contributed by atoms with van der Waals surface area (Å²) in [6.45, 7) is 6.18. The van der Waals surface area contributed by atoms with Gasteiger partial charge in [0.2, 0.25) is 0 Å². The van der Waals surface area contributed by atoms with Crippen molar-refractivity contribution in [3.8, 4) is 0 Å². The maximum Gasteiger partial charge on any atom is 0.0748 e. The highest BCUT2D eigenvalue weighted by Gasteiger charge is 2.13. The van der Waals surface area contributed by atoms with Gasteiger partial charge in [0.05, 0.1) is 16.7 Å². The van der Waals surface area contributed by atoms with Gasteiger partial charge in [-0.3, -0.25) is 4.68 Å². The molecule has 0 aliphatic heterocycles. The lowest BCUT2D eigenvalue weighted by Gasteiger charge is -2.16. The SMILES string of the molecule is CCC(CC(N)=S)n1nc(C)cc1C. The Morgan fingerprint density at radius 2 is 2.29 bits per heavy atom. The van der Waals surface area contributed by atoms with Gasteiger partial charge in [-0.15, -0.1) is 0 Å². The number of rotatable bonds is 4. The number of nitrogens with zero attached hydrogens (tertiary/aromatic N) is 2. The Balaban J connectivity index is 2.88. The van der Waals surface area contributed by atoms with Crippen LogP contribution in [0, 0.1) is 13.8 Å². The Kier molecular flexibility index (Phi) is 3.63. The topological polar surface area (TPSA) is 43.8 Å². The second kappa shape index (κ2) is 4.55. The fourth-order valence-corrected chi connectivity index (χ4v) is 1.84. The Hall–Kier alpha value is -0.900. The molecule has 0 amide bonds. The minimum atomic E-state index is 0.307. The van der Waals surface area contributed by atoms with Gasteiger partial charge in [0.1, 0.15) is 0 Å². The molecule has 78 valence electrons. The van der Waals surface area contributed by atoms with Crippen molar-refractivity contribution in [2.24, 2.45) is 5.73 Å². The third-order valence-corrected chi connectivity index (χ3v) is 2.47. The van der Waals surface area contributed by atoms with Gasteiger partial charge in [0.25, 0.3) is 0 Å². The monoisotopic (exact) mass is 211 g/mol. The smallest absolute Gasteiger partial charge is 0.0748 e. The predicted octanol–water partition coefficient (Wildman–Crippen LogP) is 2.13. The zero-order chi connectivity index (χ0) is 10.7. The Morgan fingerprint density at radius 1 is 1.64 bits per heavy atom. The lowest BCUT2D eigenvalue weighted by Crippen LogP contribution is -2.19. The summed E-state index contributed by atoms with van der Waals surface area (Å²) in [5.41, 5.74) is 7.77. The predicted molar refractivity (Wildman–Crippen MR) is 62.4 cm³/mol. The number of thiocarbonyl (C=S) groups is 1. The third kappa shape index (κ3) is 2.54. The lowest BCUT2D eigenvalue weighted by molar-refractivity contribution is 0.443. The van der Waals surface area contributed by atoms with Crippen LogP contribution in [-0.4, -0.2) is 14.8 Å². The molecule has 0 aromatic carbocycles. The standard InChI is InChI=1S/C10H17N3S/c1-4-9(6-10(11)14)13-8(3)5-7(2)12-13/h5,9H,4,6H2,1-3H3,(H2,11,14). The second-order valence-electron chi connectivity index (χ2n) is 3.60. The molecule has 0 saturated carbocycles. The van der Waals surface area contributed by atoms with E-state index >= 15 is 0 Å². The minimum absolute atomic E-state index is 0.307. The fraction of sp³-hybridized carbons (Fsp3) is 0.600. The van der Waals surface area contributed by atoms with E-state index in [1.807, 2.05) is 11.6 Å². The first-order valence-electron chi connectivity index (χ1n) is 4.85. The molecule has 0 aliphatic rings. The van der Waals surface area contributed by atoms with Crippen LogP contribution in [0.15, 0.2) is 6.07 Å². The van der Waals surface area contributed by atoms with Gasteiger partial charge >= 0.3 is 0 Å². The normalized spacial score (nSPS) is 12.8. The molecule has 0 bridgehead atoms. The number of nitrogens with two attached hydrogens (primary N) is 1. The quantitative estimate of drug-likeness (QED) is 0.776. The van der Waals surface area contributed by atoms with Crippen LogP contribution in [-0.2, 0) is 0 Å². The van der Waals surface area contributed by atoms with E-state index in [0.717, 1.165) is 18.5 Å². The van der Waals surface area contributed by atoms with Gasteiger partial charge in [0, 0.05) is 12.1 Å². The van der Waals surface area contributed by atoms with Crippen molar-refractivity contribution in [2.45, 2.75) is 39.7 Å². The zero-order valence-electron chi connectivity index (χ0n) is 8.95. The highest BCUT2D eigenvalue weighted by Crippen LogP contribution is 2.18. The van der Waals surface area contributed by atoms with Crippen LogP contribution in [0.3, 0.4) is 0 Å². The van der Waals surface area contributed by atoms with Gasteiger partial charge in [-0.25, -0.2) is 0 Å². The number of hydrogen-bond donors (Lipinski definition) is 1. The van der Waals surface area contributed by atoms with Gasteiger partial charge < -0.3 is 5.73 Å². The molecule has 3 nitrogen and oxygen atoms in total. The summed E-state index contributed by atoms with van der Waals surface area (Å²) in [4.78, 5) is 0.560. The first-order chi connectivity index (χ1) is 6.54. The molecule has 1 aromatic rings. The van der Waals surface area contributed by atoms with Gasteiger partial charge in [-0.1, -0.05) is 19.1 Å². The summed E-state index contributed by atoms with van der Waals surface area (Å²) in [6, 6.07) is 2.38. The molecule has 0 aliphatic carbocycles. The van der Waals surface area contributed by atoms with Gasteiger partial charge in [0.15, 0.2) is 0 Å². The van der Waals surface area contributed by atoms with E-state index in [4.69, 9.17) is 18.0 Å². The molecule has 2 N–H and O–H groups in total. The van der Waals surface area contributed by atoms with E-state index in [9.17, 15) is 0 Å². The molecular formula is C10H17N3S. The van der Waals surface area contributed by atoms with Crippen LogP contribution in [0.1, 0.15) is 37.2 Å². The zero-order valence-corrected chi connectivity index (χ0v) is 9.77. The van der Waals surface area contributed by atoms with Crippen molar-refractivity contribution in [1.29, 1.82) is 0 Å². The number of aromatic nitrogens is 2. The average Bonchev–Trinajstić information content (AvgIpc) is 2.41. The Labute approximate surface area is 90.3 Å². The molecule has 1 atom stereocenters. The van der Waals surface area contributed by atoms with E-state index in [0.29, 0.717) is 11.0 Å². The molecule has 1 unspecified atom stereocenters. The fourth-order valence-electron chi connectivity index (χ4n) is 1.65. The van der Waals surface area contributed by atoms with Crippen molar-refractivity contribution in [3.63, 3.8) is 0 Å². The van der Waals surface area contributed by atoms with Gasteiger partial charge in [-0.05, 0) is 26.3 Å². The van der Waals surface area contributed by atoms with Crippen LogP contribution < -0.4 is 5.73 Å². The first kappa shape index (κ1) is 11.2. The molecule has 0 radical (unpaired) electrons. The Bertz CT molecular complexity index is 330. The summed E-state index contributed by atoms with van der Waals surface area (Å²) < 4.78 is 2.02. The Morgan fingerprint density at radius 3 is 2.64 bits per heavy atom. The van der Waals surface area contributed by atoms with Crippen molar-refractivity contribution in [2.75, 3.05) is 0 Å². The van der Waals surface area contributed by atoms with Gasteiger partial charge in [-0.2, -0.15) is 5.10 Å². The largest absolute Gasteiger partial charge is 0.393 e. The van der Waals surface area contributed by atoms with Crippen molar-refractivity contribution in [3.05, 3.63) is 17.5 Å². The summed E-state index contributed by atoms with van der Waals surface area (Å²) in [5.74, 6) is 0. The second-order valence-corrected chi connectivity index (χ2v) is 4.13. The highest BCUT2D eigenvalue weighted by atomic mass is 32.1. The van der Waals surface area contributed by atoms with Crippen molar-refractivity contribution < 1.29 is 0 Å². The third-order valence-electron chi connectivity index (χ3n) is 2.30. The van der Waals surface area contributed by atoms with Crippen molar-refractivity contribution in [1.82, 2.24) is 9.78 Å². The summed E-state index contributed by atoms with van der Waals surface area (Å²) in [7, 11) is 0. The van der Waals surface area contributed by atoms with Crippen LogP contribution in [0.25, 0.3) is 0 Å². The molecule has 0 spiro atoms. The molecular weight excluding hydrogens is 194 g/mol. The average molecular weight is 211 g/mol. The molecule has 4 heteroatoms. The minimum Gasteiger partial charge on any atom is -0.393 e. The number of aryl methyl sites for hydroxylation is 2. The van der Waals surface area contributed by atoms with E-state index in [1.165, 1.54) is 5.69 Å². The molecule has 1 aromatic heterocycles. The van der Waals surface area contributed by atoms with Crippen LogP contribution >= 0.6 is 12.2 Å². The van der Waals surface area contributed by atoms with E-state index in [1.54, 1.807) is 0 Å². The van der Waals surface area contributed by atoms with Crippen LogP contribution in [0.4, 0.5) is 0 Å². The summed E-state index contributed by atoms with van der Waals surface area (Å²) in [5, 5.41) is 4.44. The van der Waals surface area contributed by atoms with E-state index in [-0.39, 0.29) is 0 Å². The first-order valence-corrected chi connectivity index (χ1v) is 5.26.